The lowest BCUT2D eigenvalue weighted by atomic mass is 10.1. The van der Waals surface area contributed by atoms with Gasteiger partial charge in [0.1, 0.15) is 11.6 Å². The molecule has 0 aliphatic heterocycles. The Morgan fingerprint density at radius 1 is 1.00 bits per heavy atom. The molecule has 31 heavy (non-hydrogen) atoms. The normalized spacial score (nSPS) is 11.6. The summed E-state index contributed by atoms with van der Waals surface area (Å²) in [5.74, 6) is 1.06. The van der Waals surface area contributed by atoms with Gasteiger partial charge in [-0.3, -0.25) is 0 Å². The van der Waals surface area contributed by atoms with Crippen molar-refractivity contribution >= 4 is 23.2 Å². The summed E-state index contributed by atoms with van der Waals surface area (Å²) in [4.78, 5) is 12.5. The predicted octanol–water partition coefficient (Wildman–Crippen LogP) is 7.04. The van der Waals surface area contributed by atoms with Crippen LogP contribution in [0.2, 0.25) is 10.0 Å². The van der Waals surface area contributed by atoms with Crippen LogP contribution in [-0.2, 0) is 25.4 Å². The average molecular weight is 470 g/mol. The quantitative estimate of drug-likeness (QED) is 0.372. The van der Waals surface area contributed by atoms with Crippen LogP contribution in [0.5, 0.6) is 11.6 Å². The highest BCUT2D eigenvalue weighted by Crippen LogP contribution is 2.32. The van der Waals surface area contributed by atoms with Gasteiger partial charge in [0.2, 0.25) is 5.88 Å². The van der Waals surface area contributed by atoms with Crippen LogP contribution in [0.25, 0.3) is 0 Å². The van der Waals surface area contributed by atoms with E-state index in [1.165, 1.54) is 0 Å². The first-order valence-corrected chi connectivity index (χ1v) is 10.4. The van der Waals surface area contributed by atoms with Crippen LogP contribution in [0.3, 0.4) is 0 Å². The zero-order valence-corrected chi connectivity index (χ0v) is 18.4. The van der Waals surface area contributed by atoms with Crippen LogP contribution in [0.4, 0.5) is 13.2 Å². The molecule has 0 fully saturated rings. The van der Waals surface area contributed by atoms with Gasteiger partial charge in [-0.25, -0.2) is 15.0 Å². The maximum absolute atomic E-state index is 12.6. The monoisotopic (exact) mass is 469 g/mol. The van der Waals surface area contributed by atoms with E-state index in [4.69, 9.17) is 27.9 Å². The van der Waals surface area contributed by atoms with Gasteiger partial charge in [-0.15, -0.1) is 0 Å². The highest BCUT2D eigenvalue weighted by atomic mass is 35.5. The summed E-state index contributed by atoms with van der Waals surface area (Å²) in [6.45, 7) is 3.85. The number of nitrogens with zero attached hydrogens (tertiary/aromatic N) is 3. The molecule has 0 saturated heterocycles. The summed E-state index contributed by atoms with van der Waals surface area (Å²) in [5, 5.41) is 0.974. The second kappa shape index (κ2) is 9.83. The molecule has 0 aliphatic carbocycles. The van der Waals surface area contributed by atoms with E-state index in [0.29, 0.717) is 28.0 Å². The Morgan fingerprint density at radius 3 is 2.35 bits per heavy atom. The molecular formula is C22H20Cl2F3N3O. The van der Waals surface area contributed by atoms with Crippen LogP contribution in [0.15, 0.2) is 36.5 Å². The lowest BCUT2D eigenvalue weighted by molar-refractivity contribution is -0.137. The highest BCUT2D eigenvalue weighted by Gasteiger charge is 2.30. The molecule has 0 N–H and O–H groups in total. The Bertz CT molecular complexity index is 1060. The van der Waals surface area contributed by atoms with Crippen molar-refractivity contribution in [2.45, 2.75) is 45.7 Å². The zero-order valence-electron chi connectivity index (χ0n) is 16.9. The van der Waals surface area contributed by atoms with Crippen molar-refractivity contribution in [3.8, 4) is 11.6 Å². The van der Waals surface area contributed by atoms with E-state index in [1.807, 2.05) is 19.9 Å². The Morgan fingerprint density at radius 2 is 1.74 bits per heavy atom. The average Bonchev–Trinajstić information content (AvgIpc) is 2.72. The molecule has 9 heteroatoms. The Kier molecular flexibility index (Phi) is 7.38. The number of rotatable bonds is 7. The highest BCUT2D eigenvalue weighted by molar-refractivity contribution is 6.32. The molecule has 2 aromatic heterocycles. The minimum absolute atomic E-state index is 0.0307. The van der Waals surface area contributed by atoms with Gasteiger partial charge >= 0.3 is 6.18 Å². The molecule has 0 aliphatic rings. The zero-order chi connectivity index (χ0) is 22.6. The SMILES string of the molecule is CCc1nc(C)nc(CCCc2ccc(Oc3ccc(C(F)(F)F)cn3)c(Cl)c2)c1Cl. The number of aryl methyl sites for hydroxylation is 4. The number of hydrogen-bond acceptors (Lipinski definition) is 4. The van der Waals surface area contributed by atoms with Crippen molar-refractivity contribution in [2.24, 2.45) is 0 Å². The first kappa shape index (κ1) is 23.3. The number of aromatic nitrogens is 3. The van der Waals surface area contributed by atoms with E-state index < -0.39 is 11.7 Å². The fourth-order valence-corrected chi connectivity index (χ4v) is 3.60. The fourth-order valence-electron chi connectivity index (χ4n) is 3.04. The van der Waals surface area contributed by atoms with Crippen molar-refractivity contribution in [2.75, 3.05) is 0 Å². The summed E-state index contributed by atoms with van der Waals surface area (Å²) < 4.78 is 43.4. The Labute approximate surface area is 188 Å². The predicted molar refractivity (Wildman–Crippen MR) is 114 cm³/mol. The van der Waals surface area contributed by atoms with Gasteiger partial charge in [-0.2, -0.15) is 13.2 Å². The van der Waals surface area contributed by atoms with E-state index >= 15 is 0 Å². The van der Waals surface area contributed by atoms with Crippen molar-refractivity contribution in [3.63, 3.8) is 0 Å². The van der Waals surface area contributed by atoms with Gasteiger partial charge in [0.05, 0.1) is 27.0 Å². The van der Waals surface area contributed by atoms with Gasteiger partial charge in [-0.05, 0) is 56.4 Å². The number of hydrogen-bond donors (Lipinski definition) is 0. The molecule has 4 nitrogen and oxygen atoms in total. The van der Waals surface area contributed by atoms with Crippen molar-refractivity contribution < 1.29 is 17.9 Å². The summed E-state index contributed by atoms with van der Waals surface area (Å²) in [5.41, 5.74) is 1.85. The molecular weight excluding hydrogens is 450 g/mol. The van der Waals surface area contributed by atoms with Crippen molar-refractivity contribution in [3.05, 3.63) is 74.9 Å². The molecule has 0 atom stereocenters. The molecule has 3 rings (SSSR count). The molecule has 2 heterocycles. The van der Waals surface area contributed by atoms with Crippen molar-refractivity contribution in [1.82, 2.24) is 15.0 Å². The second-order valence-electron chi connectivity index (χ2n) is 6.94. The molecule has 0 amide bonds. The lowest BCUT2D eigenvalue weighted by Crippen LogP contribution is -2.05. The standard InChI is InChI=1S/C22H20Cl2F3N3O/c1-3-17-21(24)18(30-13(2)29-17)6-4-5-14-7-9-19(16(23)11-14)31-20-10-8-15(12-28-20)22(25,26)27/h7-12H,3-6H2,1-2H3. The maximum Gasteiger partial charge on any atom is 0.417 e. The second-order valence-corrected chi connectivity index (χ2v) is 7.72. The lowest BCUT2D eigenvalue weighted by Gasteiger charge is -2.11. The third kappa shape index (κ3) is 6.08. The van der Waals surface area contributed by atoms with Gasteiger partial charge in [0.25, 0.3) is 0 Å². The number of pyridine rings is 1. The summed E-state index contributed by atoms with van der Waals surface area (Å²) in [6.07, 6.45) is -0.699. The van der Waals surface area contributed by atoms with Crippen molar-refractivity contribution in [1.29, 1.82) is 0 Å². The molecule has 0 unspecified atom stereocenters. The molecule has 164 valence electrons. The van der Waals surface area contributed by atoms with Gasteiger partial charge < -0.3 is 4.74 Å². The van der Waals surface area contributed by atoms with Gasteiger partial charge in [0, 0.05) is 12.3 Å². The van der Waals surface area contributed by atoms with E-state index in [2.05, 4.69) is 15.0 Å². The minimum atomic E-state index is -4.45. The summed E-state index contributed by atoms with van der Waals surface area (Å²) in [7, 11) is 0. The third-order valence-electron chi connectivity index (χ3n) is 4.59. The van der Waals surface area contributed by atoms with Crippen LogP contribution >= 0.6 is 23.2 Å². The van der Waals surface area contributed by atoms with Gasteiger partial charge in [0.15, 0.2) is 0 Å². The van der Waals surface area contributed by atoms with E-state index in [-0.39, 0.29) is 5.88 Å². The van der Waals surface area contributed by atoms with Gasteiger partial charge in [-0.1, -0.05) is 36.2 Å². The number of alkyl halides is 3. The largest absolute Gasteiger partial charge is 0.437 e. The molecule has 0 bridgehead atoms. The minimum Gasteiger partial charge on any atom is -0.437 e. The molecule has 0 spiro atoms. The Hall–Kier alpha value is -2.38. The van der Waals surface area contributed by atoms with Crippen LogP contribution in [-0.4, -0.2) is 15.0 Å². The maximum atomic E-state index is 12.6. The van der Waals surface area contributed by atoms with E-state index in [1.54, 1.807) is 12.1 Å². The first-order chi connectivity index (χ1) is 14.7. The van der Waals surface area contributed by atoms with Crippen LogP contribution < -0.4 is 4.74 Å². The topological polar surface area (TPSA) is 47.9 Å². The summed E-state index contributed by atoms with van der Waals surface area (Å²) in [6, 6.07) is 7.37. The molecule has 1 aromatic carbocycles. The number of benzene rings is 1. The molecule has 3 aromatic rings. The Balaban J connectivity index is 1.62. The number of ether oxygens (including phenoxy) is 1. The fraction of sp³-hybridized carbons (Fsp3) is 0.318. The van der Waals surface area contributed by atoms with Crippen LogP contribution in [0, 0.1) is 6.92 Å². The van der Waals surface area contributed by atoms with E-state index in [9.17, 15) is 13.2 Å². The smallest absolute Gasteiger partial charge is 0.417 e. The molecule has 0 radical (unpaired) electrons. The first-order valence-electron chi connectivity index (χ1n) is 9.68. The number of halogens is 5. The summed E-state index contributed by atoms with van der Waals surface area (Å²) >= 11 is 12.7. The molecule has 0 saturated carbocycles. The van der Waals surface area contributed by atoms with E-state index in [0.717, 1.165) is 54.5 Å². The third-order valence-corrected chi connectivity index (χ3v) is 5.32. The van der Waals surface area contributed by atoms with Crippen LogP contribution in [0.1, 0.15) is 41.7 Å².